The molecular formula is C20H24FN5O. The lowest BCUT2D eigenvalue weighted by Gasteiger charge is -2.20. The van der Waals surface area contributed by atoms with Gasteiger partial charge in [0.05, 0.1) is 12.2 Å². The number of halogens is 1. The van der Waals surface area contributed by atoms with E-state index >= 15 is 0 Å². The molecule has 2 aromatic heterocycles. The molecule has 0 bridgehead atoms. The summed E-state index contributed by atoms with van der Waals surface area (Å²) in [6, 6.07) is 8.51. The highest BCUT2D eigenvalue weighted by atomic mass is 19.1. The van der Waals surface area contributed by atoms with Gasteiger partial charge in [0, 0.05) is 42.3 Å². The molecule has 1 atom stereocenters. The van der Waals surface area contributed by atoms with E-state index in [-0.39, 0.29) is 18.3 Å². The second-order valence-electron chi connectivity index (χ2n) is 7.26. The largest absolute Gasteiger partial charge is 0.357 e. The van der Waals surface area contributed by atoms with Crippen molar-refractivity contribution < 1.29 is 9.18 Å². The summed E-state index contributed by atoms with van der Waals surface area (Å²) in [6.07, 6.45) is 4.17. The highest BCUT2D eigenvalue weighted by molar-refractivity contribution is 5.81. The second-order valence-corrected chi connectivity index (χ2v) is 7.26. The molecule has 1 aliphatic rings. The van der Waals surface area contributed by atoms with E-state index in [1.54, 1.807) is 22.7 Å². The number of aromatic nitrogens is 3. The topological polar surface area (TPSA) is 66.0 Å². The van der Waals surface area contributed by atoms with E-state index < -0.39 is 0 Å². The van der Waals surface area contributed by atoms with Gasteiger partial charge in [0.15, 0.2) is 0 Å². The molecule has 0 aliphatic carbocycles. The number of nitrogens with one attached hydrogen (secondary N) is 2. The van der Waals surface area contributed by atoms with Crippen LogP contribution < -0.4 is 5.32 Å². The normalized spacial score (nSPS) is 17.3. The Morgan fingerprint density at radius 2 is 2.26 bits per heavy atom. The first-order chi connectivity index (χ1) is 13.1. The standard InChI is InChI=1S/C20H24FN5O/c1-25(12-17-10-15-9-16(21)4-5-18(15)23-17)20(27)13-26-8-6-19(24-26)14-3-2-7-22-11-14/h4-6,8-10,14,22-23H,2-3,7,11-13H2,1H3/t14-/m0/s1. The molecule has 1 amide bonds. The molecule has 1 fully saturated rings. The molecule has 0 unspecified atom stereocenters. The SMILES string of the molecule is CN(Cc1cc2cc(F)ccc2[nH]1)C(=O)Cn1ccc([C@H]2CCCNC2)n1. The van der Waals surface area contributed by atoms with E-state index in [1.165, 1.54) is 12.1 Å². The van der Waals surface area contributed by atoms with Crippen molar-refractivity contribution in [1.82, 2.24) is 25.0 Å². The molecule has 3 aromatic rings. The second kappa shape index (κ2) is 7.52. The quantitative estimate of drug-likeness (QED) is 0.727. The van der Waals surface area contributed by atoms with E-state index in [2.05, 4.69) is 15.4 Å². The Bertz CT molecular complexity index is 941. The summed E-state index contributed by atoms with van der Waals surface area (Å²) in [7, 11) is 1.77. The smallest absolute Gasteiger partial charge is 0.244 e. The van der Waals surface area contributed by atoms with E-state index in [1.807, 2.05) is 18.3 Å². The minimum Gasteiger partial charge on any atom is -0.357 e. The predicted octanol–water partition coefficient (Wildman–Crippen LogP) is 2.63. The molecular weight excluding hydrogens is 345 g/mol. The molecule has 1 aliphatic heterocycles. The molecule has 1 saturated heterocycles. The van der Waals surface area contributed by atoms with Crippen molar-refractivity contribution in [3.63, 3.8) is 0 Å². The maximum absolute atomic E-state index is 13.3. The number of hydrogen-bond acceptors (Lipinski definition) is 3. The van der Waals surface area contributed by atoms with Gasteiger partial charge in [-0.15, -0.1) is 0 Å². The van der Waals surface area contributed by atoms with Crippen LogP contribution in [0.3, 0.4) is 0 Å². The zero-order chi connectivity index (χ0) is 18.8. The van der Waals surface area contributed by atoms with E-state index in [0.29, 0.717) is 12.5 Å². The predicted molar refractivity (Wildman–Crippen MR) is 102 cm³/mol. The lowest BCUT2D eigenvalue weighted by molar-refractivity contribution is -0.131. The van der Waals surface area contributed by atoms with Crippen LogP contribution in [0.25, 0.3) is 10.9 Å². The van der Waals surface area contributed by atoms with Gasteiger partial charge >= 0.3 is 0 Å². The van der Waals surface area contributed by atoms with Crippen LogP contribution >= 0.6 is 0 Å². The van der Waals surface area contributed by atoms with Gasteiger partial charge in [0.1, 0.15) is 12.4 Å². The van der Waals surface area contributed by atoms with E-state index in [9.17, 15) is 9.18 Å². The molecule has 27 heavy (non-hydrogen) atoms. The Balaban J connectivity index is 1.37. The van der Waals surface area contributed by atoms with Crippen LogP contribution in [-0.2, 0) is 17.9 Å². The summed E-state index contributed by atoms with van der Waals surface area (Å²) in [5.41, 5.74) is 2.79. The lowest BCUT2D eigenvalue weighted by atomic mass is 9.97. The number of benzene rings is 1. The van der Waals surface area contributed by atoms with E-state index in [4.69, 9.17) is 0 Å². The number of fused-ring (bicyclic) bond motifs is 1. The van der Waals surface area contributed by atoms with Gasteiger partial charge in [-0.2, -0.15) is 5.10 Å². The molecule has 7 heteroatoms. The zero-order valence-corrected chi connectivity index (χ0v) is 15.4. The van der Waals surface area contributed by atoms with Crippen molar-refractivity contribution in [2.24, 2.45) is 0 Å². The van der Waals surface area contributed by atoms with Crippen LogP contribution in [0.2, 0.25) is 0 Å². The maximum Gasteiger partial charge on any atom is 0.244 e. The maximum atomic E-state index is 13.3. The molecule has 142 valence electrons. The highest BCUT2D eigenvalue weighted by Gasteiger charge is 2.18. The molecule has 4 rings (SSSR count). The number of rotatable bonds is 5. The van der Waals surface area contributed by atoms with Crippen molar-refractivity contribution in [3.8, 4) is 0 Å². The number of nitrogens with zero attached hydrogens (tertiary/aromatic N) is 3. The average molecular weight is 369 g/mol. The molecule has 3 heterocycles. The molecule has 6 nitrogen and oxygen atoms in total. The fourth-order valence-electron chi connectivity index (χ4n) is 3.64. The van der Waals surface area contributed by atoms with Crippen molar-refractivity contribution in [3.05, 3.63) is 53.7 Å². The number of aromatic amines is 1. The van der Waals surface area contributed by atoms with Crippen LogP contribution in [0.15, 0.2) is 36.5 Å². The Kier molecular flexibility index (Phi) is 4.94. The van der Waals surface area contributed by atoms with Gasteiger partial charge in [0.2, 0.25) is 5.91 Å². The molecule has 0 radical (unpaired) electrons. The average Bonchev–Trinajstić information content (AvgIpc) is 3.28. The van der Waals surface area contributed by atoms with Crippen molar-refractivity contribution in [2.45, 2.75) is 31.8 Å². The first-order valence-electron chi connectivity index (χ1n) is 9.33. The number of hydrogen-bond donors (Lipinski definition) is 2. The third kappa shape index (κ3) is 4.03. The molecule has 2 N–H and O–H groups in total. The first kappa shape index (κ1) is 17.7. The van der Waals surface area contributed by atoms with Crippen LogP contribution in [0.1, 0.15) is 30.1 Å². The summed E-state index contributed by atoms with van der Waals surface area (Å²) in [5.74, 6) is 0.149. The van der Waals surface area contributed by atoms with Crippen LogP contribution in [0, 0.1) is 5.82 Å². The third-order valence-electron chi connectivity index (χ3n) is 5.15. The Hall–Kier alpha value is -2.67. The van der Waals surface area contributed by atoms with Gasteiger partial charge in [0.25, 0.3) is 0 Å². The third-order valence-corrected chi connectivity index (χ3v) is 5.15. The lowest BCUT2D eigenvalue weighted by Crippen LogP contribution is -2.30. The molecule has 0 spiro atoms. The zero-order valence-electron chi connectivity index (χ0n) is 15.4. The van der Waals surface area contributed by atoms with Crippen LogP contribution in [-0.4, -0.2) is 45.7 Å². The Morgan fingerprint density at radius 3 is 3.07 bits per heavy atom. The monoisotopic (exact) mass is 369 g/mol. The molecule has 1 aromatic carbocycles. The van der Waals surface area contributed by atoms with Gasteiger partial charge in [-0.05, 0) is 49.7 Å². The fraction of sp³-hybridized carbons (Fsp3) is 0.400. The van der Waals surface area contributed by atoms with Gasteiger partial charge in [-0.3, -0.25) is 9.48 Å². The number of carbonyl (C=O) groups excluding carboxylic acids is 1. The van der Waals surface area contributed by atoms with Gasteiger partial charge < -0.3 is 15.2 Å². The first-order valence-corrected chi connectivity index (χ1v) is 9.33. The summed E-state index contributed by atoms with van der Waals surface area (Å²) in [4.78, 5) is 17.4. The summed E-state index contributed by atoms with van der Waals surface area (Å²) in [5, 5.41) is 8.79. The summed E-state index contributed by atoms with van der Waals surface area (Å²) < 4.78 is 15.0. The van der Waals surface area contributed by atoms with Crippen molar-refractivity contribution in [1.29, 1.82) is 0 Å². The number of amides is 1. The van der Waals surface area contributed by atoms with Crippen LogP contribution in [0.4, 0.5) is 4.39 Å². The van der Waals surface area contributed by atoms with Gasteiger partial charge in [-0.1, -0.05) is 0 Å². The fourth-order valence-corrected chi connectivity index (χ4v) is 3.64. The van der Waals surface area contributed by atoms with Gasteiger partial charge in [-0.25, -0.2) is 4.39 Å². The van der Waals surface area contributed by atoms with Crippen molar-refractivity contribution in [2.75, 3.05) is 20.1 Å². The number of carbonyl (C=O) groups is 1. The minimum atomic E-state index is -0.264. The number of likely N-dealkylation sites (N-methyl/N-ethyl adjacent to an activating group) is 1. The van der Waals surface area contributed by atoms with Crippen molar-refractivity contribution >= 4 is 16.8 Å². The number of piperidine rings is 1. The Labute approximate surface area is 157 Å². The molecule has 0 saturated carbocycles. The van der Waals surface area contributed by atoms with E-state index in [0.717, 1.165) is 48.2 Å². The number of H-pyrrole nitrogens is 1. The van der Waals surface area contributed by atoms with Crippen LogP contribution in [0.5, 0.6) is 0 Å². The summed E-state index contributed by atoms with van der Waals surface area (Å²) >= 11 is 0. The minimum absolute atomic E-state index is 0.0174. The highest BCUT2D eigenvalue weighted by Crippen LogP contribution is 2.21. The summed E-state index contributed by atoms with van der Waals surface area (Å²) in [6.45, 7) is 2.67. The Morgan fingerprint density at radius 1 is 1.37 bits per heavy atom.